The zero-order valence-electron chi connectivity index (χ0n) is 17.3. The number of esters is 2. The zero-order chi connectivity index (χ0) is 22.0. The maximum atomic E-state index is 15.2. The first-order valence-electron chi connectivity index (χ1n) is 9.95. The van der Waals surface area contributed by atoms with E-state index < -0.39 is 17.8 Å². The third-order valence-electron chi connectivity index (χ3n) is 5.33. The van der Waals surface area contributed by atoms with Gasteiger partial charge in [-0.05, 0) is 43.2 Å². The molecule has 3 aromatic rings. The summed E-state index contributed by atoms with van der Waals surface area (Å²) in [7, 11) is 2.40. The molecular formula is C23H22FN3O4. The molecule has 1 fully saturated rings. The number of para-hydroxylation sites is 1. The van der Waals surface area contributed by atoms with Crippen LogP contribution in [-0.2, 0) is 9.47 Å². The molecule has 0 unspecified atom stereocenters. The van der Waals surface area contributed by atoms with E-state index in [2.05, 4.69) is 10.00 Å². The molecule has 0 bridgehead atoms. The van der Waals surface area contributed by atoms with Crippen LogP contribution in [-0.4, -0.2) is 49.0 Å². The van der Waals surface area contributed by atoms with E-state index in [1.165, 1.54) is 25.0 Å². The van der Waals surface area contributed by atoms with Crippen LogP contribution in [0.5, 0.6) is 0 Å². The van der Waals surface area contributed by atoms with Gasteiger partial charge in [0, 0.05) is 24.3 Å². The van der Waals surface area contributed by atoms with Gasteiger partial charge < -0.3 is 14.4 Å². The van der Waals surface area contributed by atoms with Gasteiger partial charge in [0.2, 0.25) is 0 Å². The molecule has 1 aliphatic heterocycles. The van der Waals surface area contributed by atoms with Gasteiger partial charge in [0.25, 0.3) is 0 Å². The predicted octanol–water partition coefficient (Wildman–Crippen LogP) is 3.85. The van der Waals surface area contributed by atoms with E-state index in [1.807, 2.05) is 6.07 Å². The monoisotopic (exact) mass is 423 g/mol. The second kappa shape index (κ2) is 8.59. The van der Waals surface area contributed by atoms with Crippen molar-refractivity contribution in [2.24, 2.45) is 0 Å². The summed E-state index contributed by atoms with van der Waals surface area (Å²) in [5.74, 6) is -2.12. The lowest BCUT2D eigenvalue weighted by Gasteiger charge is -2.18. The molecule has 1 saturated heterocycles. The van der Waals surface area contributed by atoms with Crippen molar-refractivity contribution in [1.82, 2.24) is 9.78 Å². The lowest BCUT2D eigenvalue weighted by Crippen LogP contribution is -2.17. The molecule has 0 N–H and O–H groups in total. The molecule has 8 heteroatoms. The number of aromatic nitrogens is 2. The number of hydrogen-bond donors (Lipinski definition) is 0. The number of ether oxygens (including phenoxy) is 2. The minimum atomic E-state index is -0.805. The number of nitrogens with zero attached hydrogens (tertiary/aromatic N) is 3. The van der Waals surface area contributed by atoms with Gasteiger partial charge in [-0.1, -0.05) is 18.2 Å². The number of rotatable bonds is 5. The summed E-state index contributed by atoms with van der Waals surface area (Å²) < 4.78 is 26.3. The molecule has 0 radical (unpaired) electrons. The van der Waals surface area contributed by atoms with E-state index in [1.54, 1.807) is 36.4 Å². The van der Waals surface area contributed by atoms with Crippen molar-refractivity contribution >= 4 is 17.6 Å². The van der Waals surface area contributed by atoms with Gasteiger partial charge in [0.05, 0.1) is 19.9 Å². The van der Waals surface area contributed by atoms with E-state index in [9.17, 15) is 9.59 Å². The lowest BCUT2D eigenvalue weighted by atomic mass is 10.0. The fourth-order valence-electron chi connectivity index (χ4n) is 3.81. The Bertz CT molecular complexity index is 1120. The molecule has 0 spiro atoms. The molecule has 31 heavy (non-hydrogen) atoms. The van der Waals surface area contributed by atoms with Crippen molar-refractivity contribution < 1.29 is 23.5 Å². The Hall–Kier alpha value is -3.68. The minimum absolute atomic E-state index is 0.0153. The van der Waals surface area contributed by atoms with E-state index in [0.717, 1.165) is 31.6 Å². The number of carbonyl (C=O) groups excluding carboxylic acids is 2. The van der Waals surface area contributed by atoms with Crippen LogP contribution in [0, 0.1) is 5.82 Å². The normalized spacial score (nSPS) is 13.3. The number of benzene rings is 2. The van der Waals surface area contributed by atoms with Crippen LogP contribution in [0.15, 0.2) is 48.5 Å². The smallest absolute Gasteiger partial charge is 0.357 e. The topological polar surface area (TPSA) is 73.7 Å². The van der Waals surface area contributed by atoms with Crippen LogP contribution >= 0.6 is 0 Å². The Morgan fingerprint density at radius 2 is 1.61 bits per heavy atom. The largest absolute Gasteiger partial charge is 0.465 e. The molecule has 1 aromatic heterocycles. The first kappa shape index (κ1) is 20.6. The SMILES string of the molecule is COC(=O)c1c(-c2ccc(N3CCCC3)cc2F)nn(-c2ccccc2)c1C(=O)OC. The molecule has 2 aromatic carbocycles. The lowest BCUT2D eigenvalue weighted by molar-refractivity contribution is 0.0549. The average molecular weight is 423 g/mol. The molecule has 0 atom stereocenters. The number of carbonyl (C=O) groups is 2. The third kappa shape index (κ3) is 3.76. The molecule has 0 saturated carbocycles. The fraction of sp³-hybridized carbons (Fsp3) is 0.261. The van der Waals surface area contributed by atoms with E-state index in [4.69, 9.17) is 9.47 Å². The highest BCUT2D eigenvalue weighted by Crippen LogP contribution is 2.33. The number of methoxy groups -OCH3 is 2. The standard InChI is InChI=1S/C23H22FN3O4/c1-30-22(28)19-20(17-11-10-16(14-18(17)24)26-12-6-7-13-26)25-27(21(19)23(29)31-2)15-8-4-3-5-9-15/h3-5,8-11,14H,6-7,12-13H2,1-2H3. The summed E-state index contributed by atoms with van der Waals surface area (Å²) in [5.41, 5.74) is 1.14. The van der Waals surface area contributed by atoms with E-state index in [-0.39, 0.29) is 22.5 Å². The Kier molecular flexibility index (Phi) is 5.70. The van der Waals surface area contributed by atoms with Crippen molar-refractivity contribution in [3.63, 3.8) is 0 Å². The summed E-state index contributed by atoms with van der Waals surface area (Å²) in [6.07, 6.45) is 2.14. The Labute approximate surface area is 179 Å². The summed E-state index contributed by atoms with van der Waals surface area (Å²) in [5, 5.41) is 4.44. The molecule has 1 aliphatic rings. The van der Waals surface area contributed by atoms with Crippen molar-refractivity contribution in [2.75, 3.05) is 32.2 Å². The fourth-order valence-corrected chi connectivity index (χ4v) is 3.81. The highest BCUT2D eigenvalue weighted by molar-refractivity contribution is 6.06. The quantitative estimate of drug-likeness (QED) is 0.581. The number of hydrogen-bond acceptors (Lipinski definition) is 6. The third-order valence-corrected chi connectivity index (χ3v) is 5.33. The first-order valence-corrected chi connectivity index (χ1v) is 9.95. The second-order valence-electron chi connectivity index (χ2n) is 7.16. The van der Waals surface area contributed by atoms with Crippen LogP contribution in [0.2, 0.25) is 0 Å². The average Bonchev–Trinajstić information content (AvgIpc) is 3.47. The predicted molar refractivity (Wildman–Crippen MR) is 113 cm³/mol. The molecular weight excluding hydrogens is 401 g/mol. The molecule has 7 nitrogen and oxygen atoms in total. The summed E-state index contributed by atoms with van der Waals surface area (Å²) in [6, 6.07) is 13.6. The van der Waals surface area contributed by atoms with Crippen LogP contribution in [0.4, 0.5) is 10.1 Å². The van der Waals surface area contributed by atoms with Gasteiger partial charge in [0.15, 0.2) is 5.69 Å². The van der Waals surface area contributed by atoms with Crippen LogP contribution in [0.25, 0.3) is 16.9 Å². The number of anilines is 1. The highest BCUT2D eigenvalue weighted by Gasteiger charge is 2.32. The van der Waals surface area contributed by atoms with Gasteiger partial charge in [-0.2, -0.15) is 5.10 Å². The summed E-state index contributed by atoms with van der Waals surface area (Å²) >= 11 is 0. The summed E-state index contributed by atoms with van der Waals surface area (Å²) in [4.78, 5) is 27.4. The Morgan fingerprint density at radius 3 is 2.23 bits per heavy atom. The Balaban J connectivity index is 1.92. The van der Waals surface area contributed by atoms with Crippen LogP contribution in [0.1, 0.15) is 33.7 Å². The maximum Gasteiger partial charge on any atom is 0.357 e. The van der Waals surface area contributed by atoms with Crippen molar-refractivity contribution in [3.05, 3.63) is 65.6 Å². The van der Waals surface area contributed by atoms with Crippen molar-refractivity contribution in [1.29, 1.82) is 0 Å². The van der Waals surface area contributed by atoms with Crippen LogP contribution in [0.3, 0.4) is 0 Å². The van der Waals surface area contributed by atoms with Gasteiger partial charge in [-0.3, -0.25) is 0 Å². The molecule has 4 rings (SSSR count). The van der Waals surface area contributed by atoms with Crippen molar-refractivity contribution in [2.45, 2.75) is 12.8 Å². The van der Waals surface area contributed by atoms with Gasteiger partial charge in [-0.15, -0.1) is 0 Å². The summed E-state index contributed by atoms with van der Waals surface area (Å²) in [6.45, 7) is 1.75. The maximum absolute atomic E-state index is 15.2. The van der Waals surface area contributed by atoms with Crippen molar-refractivity contribution in [3.8, 4) is 16.9 Å². The molecule has 0 amide bonds. The zero-order valence-corrected chi connectivity index (χ0v) is 17.3. The molecule has 0 aliphatic carbocycles. The second-order valence-corrected chi connectivity index (χ2v) is 7.16. The van der Waals surface area contributed by atoms with Gasteiger partial charge in [-0.25, -0.2) is 18.7 Å². The van der Waals surface area contributed by atoms with Crippen LogP contribution < -0.4 is 4.90 Å². The Morgan fingerprint density at radius 1 is 0.935 bits per heavy atom. The van der Waals surface area contributed by atoms with Gasteiger partial charge in [0.1, 0.15) is 17.1 Å². The molecule has 160 valence electrons. The number of halogens is 1. The molecule has 2 heterocycles. The first-order chi connectivity index (χ1) is 15.0. The highest BCUT2D eigenvalue weighted by atomic mass is 19.1. The van der Waals surface area contributed by atoms with E-state index >= 15 is 4.39 Å². The van der Waals surface area contributed by atoms with Gasteiger partial charge >= 0.3 is 11.9 Å². The van der Waals surface area contributed by atoms with E-state index in [0.29, 0.717) is 5.69 Å². The minimum Gasteiger partial charge on any atom is -0.465 e.